The average molecular weight is 901 g/mol. The maximum absolute atomic E-state index is 14.5. The number of nitrogens with zero attached hydrogens (tertiary/aromatic N) is 4. The summed E-state index contributed by atoms with van der Waals surface area (Å²) in [5, 5.41) is 5.30. The summed E-state index contributed by atoms with van der Waals surface area (Å²) in [5.74, 6) is -5.07. The minimum absolute atomic E-state index is 0.0749. The summed E-state index contributed by atoms with van der Waals surface area (Å²) in [7, 11) is 7.30. The van der Waals surface area contributed by atoms with E-state index in [4.69, 9.17) is 14.2 Å². The average Bonchev–Trinajstić information content (AvgIpc) is 3.47. The first kappa shape index (κ1) is 47.1. The molecule has 0 saturated carbocycles. The van der Waals surface area contributed by atoms with E-state index in [2.05, 4.69) is 10.6 Å². The third-order valence-electron chi connectivity index (χ3n) is 11.3. The second kappa shape index (κ2) is 20.0. The zero-order valence-electron chi connectivity index (χ0n) is 36.4. The fourth-order valence-corrected chi connectivity index (χ4v) is 7.85. The standard InChI is InChI=1S/C47H48F4N6O8/c1-47-16-15-38(65-6)25-41(47)56(26-42(58)52-39(21-28-17-30(48)23-31(49)18-28)44(60)54(2)34-7-11-36(63-4)12-8-34)46(62)57(47)27-43(59)53-40(22-29-19-32(50)24-33(51)20-29)45(61)55(3)35-9-13-37(64-5)14-10-35/h7-20,23-25,39-41H,21-22,26-27H2,1-6H3,(H,52,58)(H,53,59)/t39-,40-,41?,47?/m0/s1. The summed E-state index contributed by atoms with van der Waals surface area (Å²) in [6, 6.07) is 14.0. The van der Waals surface area contributed by atoms with Crippen molar-refractivity contribution in [2.45, 2.75) is 43.4 Å². The van der Waals surface area contributed by atoms with Gasteiger partial charge in [0.05, 0.1) is 32.9 Å². The zero-order valence-corrected chi connectivity index (χ0v) is 36.4. The van der Waals surface area contributed by atoms with Crippen molar-refractivity contribution in [1.29, 1.82) is 0 Å². The quantitative estimate of drug-likeness (QED) is 0.136. The molecule has 0 bridgehead atoms. The Kier molecular flexibility index (Phi) is 14.5. The normalized spacial score (nSPS) is 17.4. The van der Waals surface area contributed by atoms with E-state index in [1.54, 1.807) is 73.7 Å². The highest BCUT2D eigenvalue weighted by Gasteiger charge is 2.54. The molecule has 1 saturated heterocycles. The number of fused-ring (bicyclic) bond motifs is 1. The van der Waals surface area contributed by atoms with Crippen LogP contribution in [0.25, 0.3) is 0 Å². The molecule has 2 unspecified atom stereocenters. The predicted molar refractivity (Wildman–Crippen MR) is 232 cm³/mol. The molecule has 4 aromatic rings. The molecule has 14 nitrogen and oxygen atoms in total. The molecule has 6 amide bonds. The number of amides is 6. The van der Waals surface area contributed by atoms with Crippen molar-refractivity contribution in [2.75, 3.05) is 58.3 Å². The van der Waals surface area contributed by atoms with Gasteiger partial charge in [0.2, 0.25) is 23.6 Å². The number of benzene rings is 4. The molecule has 18 heteroatoms. The Balaban J connectivity index is 1.25. The number of likely N-dealkylation sites (N-methyl/N-ethyl adjacent to an activating group) is 2. The Hall–Kier alpha value is -7.37. The van der Waals surface area contributed by atoms with E-state index in [-0.39, 0.29) is 24.0 Å². The summed E-state index contributed by atoms with van der Waals surface area (Å²) in [6.45, 7) is 0.367. The van der Waals surface area contributed by atoms with Crippen LogP contribution in [0.4, 0.5) is 33.7 Å². The van der Waals surface area contributed by atoms with Gasteiger partial charge in [-0.05, 0) is 103 Å². The van der Waals surface area contributed by atoms with Crippen molar-refractivity contribution in [1.82, 2.24) is 20.4 Å². The molecule has 2 N–H and O–H groups in total. The number of carbonyl (C=O) groups is 5. The lowest BCUT2D eigenvalue weighted by atomic mass is 9.87. The van der Waals surface area contributed by atoms with Crippen LogP contribution < -0.4 is 29.9 Å². The topological polar surface area (TPSA) is 150 Å². The smallest absolute Gasteiger partial charge is 0.322 e. The number of hydrogen-bond acceptors (Lipinski definition) is 8. The summed E-state index contributed by atoms with van der Waals surface area (Å²) >= 11 is 0. The molecule has 0 radical (unpaired) electrons. The van der Waals surface area contributed by atoms with Crippen molar-refractivity contribution in [3.63, 3.8) is 0 Å². The number of methoxy groups -OCH3 is 3. The highest BCUT2D eigenvalue weighted by atomic mass is 19.1. The van der Waals surface area contributed by atoms with Crippen molar-refractivity contribution < 1.29 is 55.7 Å². The van der Waals surface area contributed by atoms with Gasteiger partial charge in [0.25, 0.3) is 0 Å². The second-order valence-corrected chi connectivity index (χ2v) is 15.7. The molecule has 0 spiro atoms. The van der Waals surface area contributed by atoms with E-state index < -0.39 is 89.7 Å². The molecule has 1 aliphatic carbocycles. The monoisotopic (exact) mass is 900 g/mol. The first-order chi connectivity index (χ1) is 30.9. The highest BCUT2D eigenvalue weighted by molar-refractivity contribution is 6.01. The summed E-state index contributed by atoms with van der Waals surface area (Å²) < 4.78 is 73.1. The molecule has 6 rings (SSSR count). The fourth-order valence-electron chi connectivity index (χ4n) is 7.85. The van der Waals surface area contributed by atoms with Gasteiger partial charge >= 0.3 is 6.03 Å². The van der Waals surface area contributed by atoms with E-state index in [9.17, 15) is 41.5 Å². The van der Waals surface area contributed by atoms with E-state index >= 15 is 0 Å². The van der Waals surface area contributed by atoms with E-state index in [1.165, 1.54) is 55.0 Å². The SMILES string of the molecule is COC1=CC2N(CC(=O)N[C@@H](Cc3cc(F)cc(F)c3)C(=O)N(C)c3ccc(OC)cc3)C(=O)N(CC(=O)N[C@@H](Cc3cc(F)cc(F)c3)C(=O)N(C)c3ccc(OC)cc3)C2(C)C=C1. The molecular formula is C47H48F4N6O8. The van der Waals surface area contributed by atoms with Gasteiger partial charge in [0, 0.05) is 50.4 Å². The molecule has 1 fully saturated rings. The van der Waals surface area contributed by atoms with Crippen molar-refractivity contribution in [2.24, 2.45) is 0 Å². The first-order valence-corrected chi connectivity index (χ1v) is 20.3. The Morgan fingerprint density at radius 3 is 1.48 bits per heavy atom. The van der Waals surface area contributed by atoms with Crippen LogP contribution >= 0.6 is 0 Å². The summed E-state index contributed by atoms with van der Waals surface area (Å²) in [5.41, 5.74) is -0.291. The van der Waals surface area contributed by atoms with Crippen LogP contribution in [0.1, 0.15) is 18.1 Å². The van der Waals surface area contributed by atoms with E-state index in [1.807, 2.05) is 0 Å². The van der Waals surface area contributed by atoms with Crippen LogP contribution in [0.5, 0.6) is 11.5 Å². The summed E-state index contributed by atoms with van der Waals surface area (Å²) in [4.78, 5) is 75.5. The van der Waals surface area contributed by atoms with Crippen LogP contribution in [0.3, 0.4) is 0 Å². The molecule has 342 valence electrons. The lowest BCUT2D eigenvalue weighted by Gasteiger charge is -2.36. The number of halogens is 4. The number of urea groups is 1. The van der Waals surface area contributed by atoms with Gasteiger partial charge in [-0.25, -0.2) is 22.4 Å². The Bertz CT molecular complexity index is 2460. The van der Waals surface area contributed by atoms with Crippen molar-refractivity contribution in [3.05, 3.63) is 143 Å². The zero-order chi connectivity index (χ0) is 47.2. The fraction of sp³-hybridized carbons (Fsp3) is 0.298. The van der Waals surface area contributed by atoms with Gasteiger partial charge in [-0.1, -0.05) is 6.08 Å². The van der Waals surface area contributed by atoms with Gasteiger partial charge in [0.1, 0.15) is 65.7 Å². The third kappa shape index (κ3) is 10.9. The molecule has 0 aromatic heterocycles. The van der Waals surface area contributed by atoms with Crippen molar-refractivity contribution >= 4 is 41.0 Å². The molecule has 4 atom stereocenters. The number of carbonyl (C=O) groups excluding carboxylic acids is 5. The Morgan fingerprint density at radius 1 is 0.662 bits per heavy atom. The van der Waals surface area contributed by atoms with Crippen LogP contribution in [-0.4, -0.2) is 112 Å². The highest BCUT2D eigenvalue weighted by Crippen LogP contribution is 2.38. The minimum atomic E-state index is -1.38. The lowest BCUT2D eigenvalue weighted by Crippen LogP contribution is -2.55. The molecular weight excluding hydrogens is 853 g/mol. The number of rotatable bonds is 17. The summed E-state index contributed by atoms with van der Waals surface area (Å²) in [6.07, 6.45) is 4.16. The van der Waals surface area contributed by atoms with E-state index in [0.717, 1.165) is 24.3 Å². The lowest BCUT2D eigenvalue weighted by molar-refractivity contribution is -0.128. The number of nitrogens with one attached hydrogen (secondary N) is 2. The maximum atomic E-state index is 14.5. The molecule has 2 aliphatic rings. The largest absolute Gasteiger partial charge is 0.497 e. The van der Waals surface area contributed by atoms with Crippen LogP contribution in [0, 0.1) is 23.3 Å². The maximum Gasteiger partial charge on any atom is 0.322 e. The van der Waals surface area contributed by atoms with Gasteiger partial charge in [-0.2, -0.15) is 0 Å². The van der Waals surface area contributed by atoms with E-state index in [0.29, 0.717) is 40.8 Å². The molecule has 1 heterocycles. The van der Waals surface area contributed by atoms with Crippen LogP contribution in [0.15, 0.2) is 109 Å². The van der Waals surface area contributed by atoms with Crippen LogP contribution in [0.2, 0.25) is 0 Å². The number of anilines is 2. The van der Waals surface area contributed by atoms with Gasteiger partial charge in [0.15, 0.2) is 0 Å². The van der Waals surface area contributed by atoms with Gasteiger partial charge in [-0.3, -0.25) is 19.2 Å². The van der Waals surface area contributed by atoms with Crippen LogP contribution in [-0.2, 0) is 36.8 Å². The van der Waals surface area contributed by atoms with Crippen molar-refractivity contribution in [3.8, 4) is 11.5 Å². The van der Waals surface area contributed by atoms with Gasteiger partial charge < -0.3 is 44.4 Å². The first-order valence-electron chi connectivity index (χ1n) is 20.3. The molecule has 4 aromatic carbocycles. The second-order valence-electron chi connectivity index (χ2n) is 15.7. The third-order valence-corrected chi connectivity index (χ3v) is 11.3. The van der Waals surface area contributed by atoms with Gasteiger partial charge in [-0.15, -0.1) is 0 Å². The predicted octanol–water partition coefficient (Wildman–Crippen LogP) is 5.31. The number of hydrogen-bond donors (Lipinski definition) is 2. The Labute approximate surface area is 373 Å². The molecule has 1 aliphatic heterocycles. The Morgan fingerprint density at radius 2 is 1.08 bits per heavy atom. The minimum Gasteiger partial charge on any atom is -0.497 e. The molecule has 65 heavy (non-hydrogen) atoms. The number of ether oxygens (including phenoxy) is 3. The number of allylic oxidation sites excluding steroid dienone is 1.